The highest BCUT2D eigenvalue weighted by atomic mass is 16.5. The first-order chi connectivity index (χ1) is 9.74. The largest absolute Gasteiger partial charge is 0.366 e. The Hall–Kier alpha value is -1.39. The lowest BCUT2D eigenvalue weighted by molar-refractivity contribution is -0.171. The third kappa shape index (κ3) is 3.83. The predicted molar refractivity (Wildman–Crippen MR) is 84.3 cm³/mol. The fraction of sp³-hybridized carbons (Fsp3) is 0.588. The number of morpholine rings is 1. The van der Waals surface area contributed by atoms with E-state index in [1.165, 1.54) is 0 Å². The van der Waals surface area contributed by atoms with Crippen LogP contribution < -0.4 is 5.73 Å². The van der Waals surface area contributed by atoms with E-state index in [-0.39, 0.29) is 17.1 Å². The van der Waals surface area contributed by atoms with Gasteiger partial charge < -0.3 is 15.4 Å². The molecule has 0 aromatic heterocycles. The van der Waals surface area contributed by atoms with Crippen LogP contribution in [0.3, 0.4) is 0 Å². The third-order valence-electron chi connectivity index (χ3n) is 3.64. The maximum absolute atomic E-state index is 12.9. The summed E-state index contributed by atoms with van der Waals surface area (Å²) in [7, 11) is 0. The molecule has 0 atom stereocenters. The molecular formula is C17H26N2O2. The van der Waals surface area contributed by atoms with Crippen LogP contribution in [0.1, 0.15) is 43.6 Å². The first-order valence-electron chi connectivity index (χ1n) is 7.51. The minimum atomic E-state index is -0.333. The molecule has 1 aromatic carbocycles. The summed E-state index contributed by atoms with van der Waals surface area (Å²) in [4.78, 5) is 14.8. The van der Waals surface area contributed by atoms with Gasteiger partial charge >= 0.3 is 0 Å². The molecule has 1 fully saturated rings. The molecule has 2 rings (SSSR count). The average molecular weight is 290 g/mol. The zero-order valence-corrected chi connectivity index (χ0v) is 13.5. The summed E-state index contributed by atoms with van der Waals surface area (Å²) in [5.41, 5.74) is 6.76. The van der Waals surface area contributed by atoms with Gasteiger partial charge in [0.05, 0.1) is 11.2 Å². The molecule has 1 heterocycles. The molecule has 2 N–H and O–H groups in total. The van der Waals surface area contributed by atoms with Crippen LogP contribution in [0.4, 0.5) is 0 Å². The van der Waals surface area contributed by atoms with Gasteiger partial charge in [0.15, 0.2) is 0 Å². The lowest BCUT2D eigenvalue weighted by atomic mass is 9.96. The van der Waals surface area contributed by atoms with E-state index in [0.717, 1.165) is 17.5 Å². The van der Waals surface area contributed by atoms with Gasteiger partial charge in [-0.25, -0.2) is 0 Å². The first kappa shape index (κ1) is 16.0. The predicted octanol–water partition coefficient (Wildman–Crippen LogP) is 2.22. The lowest BCUT2D eigenvalue weighted by Gasteiger charge is -2.47. The highest BCUT2D eigenvalue weighted by molar-refractivity contribution is 5.95. The van der Waals surface area contributed by atoms with Gasteiger partial charge in [0.1, 0.15) is 0 Å². The van der Waals surface area contributed by atoms with Gasteiger partial charge in [0, 0.05) is 18.7 Å². The molecule has 21 heavy (non-hydrogen) atoms. The number of nitrogens with two attached hydrogens (primary N) is 1. The van der Waals surface area contributed by atoms with Crippen molar-refractivity contribution in [3.8, 4) is 0 Å². The molecule has 4 heteroatoms. The number of carbonyl (C=O) groups excluding carboxylic acids is 1. The zero-order chi connectivity index (χ0) is 15.7. The Morgan fingerprint density at radius 2 is 1.76 bits per heavy atom. The van der Waals surface area contributed by atoms with E-state index in [9.17, 15) is 4.79 Å². The molecule has 4 nitrogen and oxygen atoms in total. The van der Waals surface area contributed by atoms with E-state index >= 15 is 0 Å². The number of carbonyl (C=O) groups is 1. The number of rotatable bonds is 3. The SMILES string of the molecule is CC1(C)CN(C(=O)c2ccccc2CCN)CC(C)(C)O1. The normalized spacial score (nSPS) is 20.3. The lowest BCUT2D eigenvalue weighted by Crippen LogP contribution is -2.58. The zero-order valence-electron chi connectivity index (χ0n) is 13.5. The summed E-state index contributed by atoms with van der Waals surface area (Å²) in [6.45, 7) is 9.86. The second-order valence-corrected chi connectivity index (χ2v) is 6.98. The highest BCUT2D eigenvalue weighted by Gasteiger charge is 2.40. The van der Waals surface area contributed by atoms with Crippen LogP contribution in [0, 0.1) is 0 Å². The summed E-state index contributed by atoms with van der Waals surface area (Å²) in [6.07, 6.45) is 0.721. The van der Waals surface area contributed by atoms with Crippen LogP contribution in [0.2, 0.25) is 0 Å². The van der Waals surface area contributed by atoms with Crippen LogP contribution in [0.25, 0.3) is 0 Å². The van der Waals surface area contributed by atoms with E-state index in [2.05, 4.69) is 0 Å². The second kappa shape index (κ2) is 5.78. The van der Waals surface area contributed by atoms with Crippen molar-refractivity contribution in [2.45, 2.75) is 45.3 Å². The quantitative estimate of drug-likeness (QED) is 0.928. The number of hydrogen-bond donors (Lipinski definition) is 1. The van der Waals surface area contributed by atoms with Crippen LogP contribution in [0.15, 0.2) is 24.3 Å². The molecule has 1 aliphatic rings. The van der Waals surface area contributed by atoms with Crippen LogP contribution in [0.5, 0.6) is 0 Å². The second-order valence-electron chi connectivity index (χ2n) is 6.98. The van der Waals surface area contributed by atoms with Crippen molar-refractivity contribution in [2.75, 3.05) is 19.6 Å². The number of nitrogens with zero attached hydrogens (tertiary/aromatic N) is 1. The standard InChI is InChI=1S/C17H26N2O2/c1-16(2)11-19(12-17(3,4)21-16)15(20)14-8-6-5-7-13(14)9-10-18/h5-8H,9-12,18H2,1-4H3. The summed E-state index contributed by atoms with van der Waals surface area (Å²) in [6, 6.07) is 7.73. The van der Waals surface area contributed by atoms with Crippen molar-refractivity contribution in [1.29, 1.82) is 0 Å². The van der Waals surface area contributed by atoms with Crippen molar-refractivity contribution in [2.24, 2.45) is 5.73 Å². The Morgan fingerprint density at radius 3 is 2.33 bits per heavy atom. The maximum atomic E-state index is 12.9. The van der Waals surface area contributed by atoms with Gasteiger partial charge in [-0.05, 0) is 52.3 Å². The molecule has 0 saturated carbocycles. The van der Waals surface area contributed by atoms with E-state index < -0.39 is 0 Å². The van der Waals surface area contributed by atoms with Crippen molar-refractivity contribution in [3.63, 3.8) is 0 Å². The molecule has 1 aliphatic heterocycles. The van der Waals surface area contributed by atoms with E-state index in [1.807, 2.05) is 56.9 Å². The third-order valence-corrected chi connectivity index (χ3v) is 3.64. The molecule has 1 saturated heterocycles. The van der Waals surface area contributed by atoms with Gasteiger partial charge in [0.2, 0.25) is 0 Å². The van der Waals surface area contributed by atoms with Gasteiger partial charge in [0.25, 0.3) is 5.91 Å². The Kier molecular flexibility index (Phi) is 4.40. The molecule has 0 aliphatic carbocycles. The van der Waals surface area contributed by atoms with Gasteiger partial charge in [-0.15, -0.1) is 0 Å². The Morgan fingerprint density at radius 1 is 1.19 bits per heavy atom. The van der Waals surface area contributed by atoms with Gasteiger partial charge in [-0.1, -0.05) is 18.2 Å². The Balaban J connectivity index is 2.27. The Labute approximate surface area is 127 Å². The number of benzene rings is 1. The summed E-state index contributed by atoms with van der Waals surface area (Å²) >= 11 is 0. The average Bonchev–Trinajstić information content (AvgIpc) is 2.35. The smallest absolute Gasteiger partial charge is 0.254 e. The van der Waals surface area contributed by atoms with Crippen molar-refractivity contribution in [1.82, 2.24) is 4.90 Å². The first-order valence-corrected chi connectivity index (χ1v) is 7.51. The maximum Gasteiger partial charge on any atom is 0.254 e. The van der Waals surface area contributed by atoms with Crippen molar-refractivity contribution < 1.29 is 9.53 Å². The van der Waals surface area contributed by atoms with Crippen molar-refractivity contribution in [3.05, 3.63) is 35.4 Å². The summed E-state index contributed by atoms with van der Waals surface area (Å²) < 4.78 is 6.04. The molecule has 0 unspecified atom stereocenters. The van der Waals surface area contributed by atoms with Gasteiger partial charge in [-0.3, -0.25) is 4.79 Å². The molecule has 0 spiro atoms. The highest BCUT2D eigenvalue weighted by Crippen LogP contribution is 2.29. The number of amides is 1. The van der Waals surface area contributed by atoms with E-state index in [4.69, 9.17) is 10.5 Å². The van der Waals surface area contributed by atoms with E-state index in [0.29, 0.717) is 19.6 Å². The van der Waals surface area contributed by atoms with Crippen LogP contribution in [-0.4, -0.2) is 41.6 Å². The molecule has 0 bridgehead atoms. The summed E-state index contributed by atoms with van der Waals surface area (Å²) in [5, 5.41) is 0. The molecule has 1 amide bonds. The fourth-order valence-corrected chi connectivity index (χ4v) is 3.20. The van der Waals surface area contributed by atoms with Crippen LogP contribution in [-0.2, 0) is 11.2 Å². The van der Waals surface area contributed by atoms with E-state index in [1.54, 1.807) is 0 Å². The Bertz CT molecular complexity index is 507. The molecular weight excluding hydrogens is 264 g/mol. The molecule has 1 aromatic rings. The number of ether oxygens (including phenoxy) is 1. The molecule has 0 radical (unpaired) electrons. The minimum Gasteiger partial charge on any atom is -0.366 e. The minimum absolute atomic E-state index is 0.0727. The van der Waals surface area contributed by atoms with Gasteiger partial charge in [-0.2, -0.15) is 0 Å². The van der Waals surface area contributed by atoms with Crippen LogP contribution >= 0.6 is 0 Å². The summed E-state index contributed by atoms with van der Waals surface area (Å²) in [5.74, 6) is 0.0727. The monoisotopic (exact) mass is 290 g/mol. The fourth-order valence-electron chi connectivity index (χ4n) is 3.20. The number of hydrogen-bond acceptors (Lipinski definition) is 3. The van der Waals surface area contributed by atoms with Crippen molar-refractivity contribution >= 4 is 5.91 Å². The topological polar surface area (TPSA) is 55.6 Å². The molecule has 116 valence electrons.